The van der Waals surface area contributed by atoms with Crippen LogP contribution in [-0.2, 0) is 0 Å². The van der Waals surface area contributed by atoms with Gasteiger partial charge in [0.15, 0.2) is 0 Å². The number of nitrogens with one attached hydrogen (secondary N) is 1. The van der Waals surface area contributed by atoms with Gasteiger partial charge in [-0.2, -0.15) is 14.9 Å². The molecule has 0 aliphatic rings. The minimum Gasteiger partial charge on any atom is -0.250 e. The average molecular weight is 297 g/mol. The molecule has 4 nitrogen and oxygen atoms in total. The van der Waals surface area contributed by atoms with Crippen LogP contribution in [0.15, 0.2) is 40.2 Å². The highest BCUT2D eigenvalue weighted by atomic mass is 79.9. The molecule has 0 unspecified atom stereocenters. The van der Waals surface area contributed by atoms with Crippen LogP contribution >= 0.6 is 28.1 Å². The molecule has 2 rings (SSSR count). The van der Waals surface area contributed by atoms with E-state index in [1.54, 1.807) is 6.33 Å². The fraction of sp³-hybridized carbons (Fsp3) is 0.100. The Kier molecular flexibility index (Phi) is 3.31. The van der Waals surface area contributed by atoms with Crippen LogP contribution in [0.1, 0.15) is 12.5 Å². The molecule has 1 heterocycles. The van der Waals surface area contributed by atoms with E-state index in [-0.39, 0.29) is 0 Å². The summed E-state index contributed by atoms with van der Waals surface area (Å²) < 4.78 is 3.06. The van der Waals surface area contributed by atoms with Crippen LogP contribution in [0.5, 0.6) is 0 Å². The minimum atomic E-state index is 0.483. The largest absolute Gasteiger partial charge is 0.250 e. The molecule has 0 fully saturated rings. The van der Waals surface area contributed by atoms with Gasteiger partial charge in [-0.3, -0.25) is 5.10 Å². The zero-order valence-corrected chi connectivity index (χ0v) is 10.9. The van der Waals surface area contributed by atoms with Gasteiger partial charge in [0.2, 0.25) is 4.77 Å². The molecule has 0 radical (unpaired) electrons. The number of rotatable bonds is 2. The van der Waals surface area contributed by atoms with Gasteiger partial charge in [0, 0.05) is 4.47 Å². The fourth-order valence-electron chi connectivity index (χ4n) is 1.22. The molecule has 0 saturated heterocycles. The fourth-order valence-corrected chi connectivity index (χ4v) is 1.63. The third-order valence-corrected chi connectivity index (χ3v) is 2.86. The van der Waals surface area contributed by atoms with Crippen LogP contribution in [-0.4, -0.2) is 20.6 Å². The number of nitrogens with zero attached hydrogens (tertiary/aromatic N) is 3. The maximum absolute atomic E-state index is 5.00. The Hall–Kier alpha value is -1.27. The zero-order valence-electron chi connectivity index (χ0n) is 8.51. The molecule has 0 amide bonds. The molecule has 0 aliphatic carbocycles. The summed E-state index contributed by atoms with van der Waals surface area (Å²) >= 11 is 8.39. The molecule has 6 heteroatoms. The van der Waals surface area contributed by atoms with Gasteiger partial charge in [-0.25, -0.2) is 0 Å². The molecule has 1 aromatic carbocycles. The lowest BCUT2D eigenvalue weighted by Crippen LogP contribution is -1.98. The second-order valence-electron chi connectivity index (χ2n) is 3.20. The summed E-state index contributed by atoms with van der Waals surface area (Å²) in [6.07, 6.45) is 1.55. The maximum atomic E-state index is 5.00. The first-order chi connectivity index (χ1) is 7.66. The molecule has 16 heavy (non-hydrogen) atoms. The van der Waals surface area contributed by atoms with Crippen molar-refractivity contribution in [2.24, 2.45) is 5.10 Å². The van der Waals surface area contributed by atoms with E-state index in [9.17, 15) is 0 Å². The van der Waals surface area contributed by atoms with E-state index in [1.165, 1.54) is 4.68 Å². The highest BCUT2D eigenvalue weighted by Crippen LogP contribution is 2.11. The summed E-state index contributed by atoms with van der Waals surface area (Å²) in [5.74, 6) is 0. The number of benzene rings is 1. The van der Waals surface area contributed by atoms with Gasteiger partial charge in [0.25, 0.3) is 0 Å². The van der Waals surface area contributed by atoms with Crippen molar-refractivity contribution in [1.29, 1.82) is 0 Å². The summed E-state index contributed by atoms with van der Waals surface area (Å²) in [7, 11) is 0. The highest BCUT2D eigenvalue weighted by Gasteiger charge is 1.98. The Morgan fingerprint density at radius 1 is 1.44 bits per heavy atom. The van der Waals surface area contributed by atoms with Gasteiger partial charge in [0.05, 0.1) is 5.71 Å². The lowest BCUT2D eigenvalue weighted by atomic mass is 10.1. The van der Waals surface area contributed by atoms with E-state index in [4.69, 9.17) is 12.2 Å². The summed E-state index contributed by atoms with van der Waals surface area (Å²) in [6, 6.07) is 7.94. The van der Waals surface area contributed by atoms with Crippen LogP contribution in [0.2, 0.25) is 0 Å². The van der Waals surface area contributed by atoms with Crippen molar-refractivity contribution in [2.75, 3.05) is 0 Å². The summed E-state index contributed by atoms with van der Waals surface area (Å²) in [5, 5.41) is 10.8. The Balaban J connectivity index is 2.35. The molecule has 1 N–H and O–H groups in total. The van der Waals surface area contributed by atoms with Crippen LogP contribution < -0.4 is 0 Å². The number of hydrogen-bond acceptors (Lipinski definition) is 3. The van der Waals surface area contributed by atoms with Crippen molar-refractivity contribution in [2.45, 2.75) is 6.92 Å². The van der Waals surface area contributed by atoms with Gasteiger partial charge in [-0.1, -0.05) is 28.1 Å². The number of hydrogen-bond donors (Lipinski definition) is 1. The first-order valence-electron chi connectivity index (χ1n) is 4.60. The molecule has 2 aromatic rings. The molecule has 0 saturated carbocycles. The van der Waals surface area contributed by atoms with E-state index >= 15 is 0 Å². The van der Waals surface area contributed by atoms with Crippen molar-refractivity contribution in [3.63, 3.8) is 0 Å². The summed E-state index contributed by atoms with van der Waals surface area (Å²) in [4.78, 5) is 0. The summed E-state index contributed by atoms with van der Waals surface area (Å²) in [6.45, 7) is 1.93. The Morgan fingerprint density at radius 3 is 2.69 bits per heavy atom. The first-order valence-corrected chi connectivity index (χ1v) is 5.80. The van der Waals surface area contributed by atoms with E-state index in [0.717, 1.165) is 15.7 Å². The molecule has 0 bridgehead atoms. The number of aromatic nitrogens is 3. The van der Waals surface area contributed by atoms with E-state index in [2.05, 4.69) is 31.2 Å². The van der Waals surface area contributed by atoms with Crippen LogP contribution in [0, 0.1) is 4.77 Å². The van der Waals surface area contributed by atoms with Gasteiger partial charge in [-0.05, 0) is 36.8 Å². The molecule has 82 valence electrons. The van der Waals surface area contributed by atoms with Gasteiger partial charge in [0.1, 0.15) is 6.33 Å². The van der Waals surface area contributed by atoms with Gasteiger partial charge >= 0.3 is 0 Å². The Bertz CT molecular complexity index is 567. The lowest BCUT2D eigenvalue weighted by molar-refractivity contribution is 0.855. The van der Waals surface area contributed by atoms with Crippen molar-refractivity contribution >= 4 is 33.9 Å². The molecule has 1 aromatic heterocycles. The quantitative estimate of drug-likeness (QED) is 0.684. The van der Waals surface area contributed by atoms with E-state index in [0.29, 0.717) is 4.77 Å². The Morgan fingerprint density at radius 2 is 2.12 bits per heavy atom. The standard InChI is InChI=1S/C10H9BrN4S/c1-7(8-2-4-9(11)5-3-8)14-15-6-12-13-10(15)16/h2-6H,1H3,(H,13,16)/b14-7+. The van der Waals surface area contributed by atoms with Gasteiger partial charge in [-0.15, -0.1) is 0 Å². The van der Waals surface area contributed by atoms with Crippen molar-refractivity contribution in [3.8, 4) is 0 Å². The monoisotopic (exact) mass is 296 g/mol. The van der Waals surface area contributed by atoms with E-state index in [1.807, 2.05) is 31.2 Å². The van der Waals surface area contributed by atoms with Crippen LogP contribution in [0.3, 0.4) is 0 Å². The predicted octanol–water partition coefficient (Wildman–Crippen LogP) is 2.98. The van der Waals surface area contributed by atoms with Crippen LogP contribution in [0.4, 0.5) is 0 Å². The second kappa shape index (κ2) is 4.71. The molecule has 0 aliphatic heterocycles. The third kappa shape index (κ3) is 2.45. The average Bonchev–Trinajstić information content (AvgIpc) is 2.65. The van der Waals surface area contributed by atoms with Gasteiger partial charge < -0.3 is 0 Å². The van der Waals surface area contributed by atoms with Crippen molar-refractivity contribution in [3.05, 3.63) is 45.4 Å². The lowest BCUT2D eigenvalue weighted by Gasteiger charge is -2.00. The topological polar surface area (TPSA) is 46.0 Å². The summed E-state index contributed by atoms with van der Waals surface area (Å²) in [5.41, 5.74) is 1.93. The van der Waals surface area contributed by atoms with Crippen LogP contribution in [0.25, 0.3) is 0 Å². The maximum Gasteiger partial charge on any atom is 0.216 e. The van der Waals surface area contributed by atoms with E-state index < -0.39 is 0 Å². The van der Waals surface area contributed by atoms with Crippen molar-refractivity contribution in [1.82, 2.24) is 14.9 Å². The highest BCUT2D eigenvalue weighted by molar-refractivity contribution is 9.10. The second-order valence-corrected chi connectivity index (χ2v) is 4.50. The normalized spacial score (nSPS) is 11.8. The minimum absolute atomic E-state index is 0.483. The molecular weight excluding hydrogens is 288 g/mol. The molecular formula is C10H9BrN4S. The van der Waals surface area contributed by atoms with Crippen molar-refractivity contribution < 1.29 is 0 Å². The molecule has 0 spiro atoms. The Labute approximate surface area is 106 Å². The first kappa shape index (κ1) is 11.2. The number of H-pyrrole nitrogens is 1. The number of halogens is 1. The predicted molar refractivity (Wildman–Crippen MR) is 69.2 cm³/mol. The number of aromatic amines is 1. The SMILES string of the molecule is C/C(=N\n1cn[nH]c1=S)c1ccc(Br)cc1. The third-order valence-electron chi connectivity index (χ3n) is 2.06. The molecule has 0 atom stereocenters. The zero-order chi connectivity index (χ0) is 11.5. The smallest absolute Gasteiger partial charge is 0.216 e.